The number of nitrogens with zero attached hydrogens (tertiary/aromatic N) is 3. The molecule has 0 bridgehead atoms. The van der Waals surface area contributed by atoms with Gasteiger partial charge in [-0.2, -0.15) is 15.4 Å². The Balaban J connectivity index is 1.76. The number of nitrogens with one attached hydrogen (secondary N) is 2. The zero-order valence-corrected chi connectivity index (χ0v) is 11.5. The number of methoxy groups -OCH3 is 1. The maximum Gasteiger partial charge on any atom is 0.113 e. The average Bonchev–Trinajstić information content (AvgIpc) is 2.86. The quantitative estimate of drug-likeness (QED) is 0.684. The number of H-pyrrole nitrogens is 1. The molecule has 0 unspecified atom stereocenters. The van der Waals surface area contributed by atoms with Crippen LogP contribution in [-0.4, -0.2) is 60.7 Å². The lowest BCUT2D eigenvalue weighted by atomic mass is 10.2. The van der Waals surface area contributed by atoms with E-state index in [-0.39, 0.29) is 0 Å². The van der Waals surface area contributed by atoms with Crippen molar-refractivity contribution < 1.29 is 4.74 Å². The van der Waals surface area contributed by atoms with E-state index >= 15 is 0 Å². The van der Waals surface area contributed by atoms with E-state index in [0.717, 1.165) is 43.8 Å². The van der Waals surface area contributed by atoms with Crippen molar-refractivity contribution in [3.05, 3.63) is 23.8 Å². The van der Waals surface area contributed by atoms with Crippen molar-refractivity contribution in [1.29, 1.82) is 0 Å². The molecule has 0 saturated carbocycles. The first-order chi connectivity index (χ1) is 9.29. The van der Waals surface area contributed by atoms with Crippen molar-refractivity contribution in [3.8, 4) is 0 Å². The molecule has 1 aromatic carbocycles. The van der Waals surface area contributed by atoms with Gasteiger partial charge in [0.25, 0.3) is 0 Å². The highest BCUT2D eigenvalue weighted by Gasteiger charge is 2.03. The predicted octanol–water partition coefficient (Wildman–Crippen LogP) is 0.626. The van der Waals surface area contributed by atoms with Crippen molar-refractivity contribution in [1.82, 2.24) is 25.6 Å². The Kier molecular flexibility index (Phi) is 5.26. The van der Waals surface area contributed by atoms with Crippen molar-refractivity contribution in [2.75, 3.05) is 40.4 Å². The zero-order chi connectivity index (χ0) is 13.5. The predicted molar refractivity (Wildman–Crippen MR) is 75.0 cm³/mol. The van der Waals surface area contributed by atoms with Crippen LogP contribution >= 0.6 is 0 Å². The molecule has 0 saturated heterocycles. The van der Waals surface area contributed by atoms with Gasteiger partial charge in [0, 0.05) is 33.3 Å². The molecule has 6 heteroatoms. The van der Waals surface area contributed by atoms with Crippen LogP contribution in [0.5, 0.6) is 0 Å². The monoisotopic (exact) mass is 263 g/mol. The Morgan fingerprint density at radius 2 is 2.11 bits per heavy atom. The highest BCUT2D eigenvalue weighted by atomic mass is 16.5. The van der Waals surface area contributed by atoms with E-state index in [4.69, 9.17) is 4.74 Å². The molecule has 0 aliphatic heterocycles. The summed E-state index contributed by atoms with van der Waals surface area (Å²) in [4.78, 5) is 2.28. The van der Waals surface area contributed by atoms with Gasteiger partial charge in [-0.25, -0.2) is 0 Å². The number of likely N-dealkylation sites (N-methyl/N-ethyl adjacent to an activating group) is 1. The molecule has 104 valence electrons. The SMILES string of the molecule is COCCNCCN(C)Cc1ccc2n[nH]nc2c1. The standard InChI is InChI=1S/C13H21N5O/c1-18(7-5-14-6-8-19-2)10-11-3-4-12-13(9-11)16-17-15-12/h3-4,9,14H,5-8,10H2,1-2H3,(H,15,16,17). The normalized spacial score (nSPS) is 11.5. The van der Waals surface area contributed by atoms with Gasteiger partial charge in [0.2, 0.25) is 0 Å². The summed E-state index contributed by atoms with van der Waals surface area (Å²) in [5.74, 6) is 0. The van der Waals surface area contributed by atoms with Gasteiger partial charge in [0.15, 0.2) is 0 Å². The van der Waals surface area contributed by atoms with Gasteiger partial charge in [0.05, 0.1) is 6.61 Å². The summed E-state index contributed by atoms with van der Waals surface area (Å²) in [5.41, 5.74) is 3.08. The fourth-order valence-corrected chi connectivity index (χ4v) is 1.94. The molecule has 19 heavy (non-hydrogen) atoms. The molecule has 1 heterocycles. The number of hydrogen-bond donors (Lipinski definition) is 2. The second-order valence-corrected chi connectivity index (χ2v) is 4.63. The molecule has 0 spiro atoms. The van der Waals surface area contributed by atoms with Crippen LogP contribution in [0.1, 0.15) is 5.56 Å². The van der Waals surface area contributed by atoms with E-state index in [0.29, 0.717) is 0 Å². The maximum absolute atomic E-state index is 4.99. The Bertz CT molecular complexity index is 498. The first kappa shape index (κ1) is 13.9. The molecule has 0 radical (unpaired) electrons. The van der Waals surface area contributed by atoms with Crippen LogP contribution in [0.3, 0.4) is 0 Å². The summed E-state index contributed by atoms with van der Waals surface area (Å²) < 4.78 is 4.99. The minimum atomic E-state index is 0.756. The minimum absolute atomic E-state index is 0.756. The first-order valence-corrected chi connectivity index (χ1v) is 6.47. The fraction of sp³-hybridized carbons (Fsp3) is 0.538. The van der Waals surface area contributed by atoms with Gasteiger partial charge in [-0.05, 0) is 24.7 Å². The zero-order valence-electron chi connectivity index (χ0n) is 11.5. The number of aromatic amines is 1. The van der Waals surface area contributed by atoms with Crippen molar-refractivity contribution >= 4 is 11.0 Å². The molecular weight excluding hydrogens is 242 g/mol. The third-order valence-corrected chi connectivity index (χ3v) is 2.99. The van der Waals surface area contributed by atoms with Gasteiger partial charge in [-0.3, -0.25) is 0 Å². The molecule has 0 atom stereocenters. The fourth-order valence-electron chi connectivity index (χ4n) is 1.94. The van der Waals surface area contributed by atoms with Gasteiger partial charge in [-0.1, -0.05) is 6.07 Å². The second kappa shape index (κ2) is 7.18. The molecule has 1 aromatic heterocycles. The number of ether oxygens (including phenoxy) is 1. The maximum atomic E-state index is 4.99. The number of fused-ring (bicyclic) bond motifs is 1. The summed E-state index contributed by atoms with van der Waals surface area (Å²) in [7, 11) is 3.83. The van der Waals surface area contributed by atoms with Crippen molar-refractivity contribution in [3.63, 3.8) is 0 Å². The lowest BCUT2D eigenvalue weighted by Gasteiger charge is -2.16. The van der Waals surface area contributed by atoms with Crippen LogP contribution in [0.15, 0.2) is 18.2 Å². The van der Waals surface area contributed by atoms with Gasteiger partial charge in [0.1, 0.15) is 11.0 Å². The van der Waals surface area contributed by atoms with E-state index < -0.39 is 0 Å². The Morgan fingerprint density at radius 1 is 1.26 bits per heavy atom. The van der Waals surface area contributed by atoms with Crippen LogP contribution in [-0.2, 0) is 11.3 Å². The molecule has 6 nitrogen and oxygen atoms in total. The summed E-state index contributed by atoms with van der Waals surface area (Å²) in [6.07, 6.45) is 0. The van der Waals surface area contributed by atoms with E-state index in [1.807, 2.05) is 6.07 Å². The highest BCUT2D eigenvalue weighted by Crippen LogP contribution is 2.11. The molecular formula is C13H21N5O. The average molecular weight is 263 g/mol. The van der Waals surface area contributed by atoms with Crippen LogP contribution in [0.2, 0.25) is 0 Å². The Morgan fingerprint density at radius 3 is 2.95 bits per heavy atom. The Hall–Kier alpha value is -1.50. The third-order valence-electron chi connectivity index (χ3n) is 2.99. The summed E-state index contributed by atoms with van der Waals surface area (Å²) in [5, 5.41) is 14.1. The first-order valence-electron chi connectivity index (χ1n) is 6.47. The molecule has 0 aliphatic carbocycles. The topological polar surface area (TPSA) is 66.1 Å². The van der Waals surface area contributed by atoms with E-state index in [1.165, 1.54) is 5.56 Å². The van der Waals surface area contributed by atoms with Crippen LogP contribution in [0.4, 0.5) is 0 Å². The van der Waals surface area contributed by atoms with E-state index in [1.54, 1.807) is 7.11 Å². The smallest absolute Gasteiger partial charge is 0.113 e. The van der Waals surface area contributed by atoms with E-state index in [2.05, 4.69) is 44.8 Å². The van der Waals surface area contributed by atoms with E-state index in [9.17, 15) is 0 Å². The third kappa shape index (κ3) is 4.27. The number of benzene rings is 1. The largest absolute Gasteiger partial charge is 0.383 e. The van der Waals surface area contributed by atoms with Gasteiger partial charge >= 0.3 is 0 Å². The van der Waals surface area contributed by atoms with Crippen LogP contribution in [0, 0.1) is 0 Å². The highest BCUT2D eigenvalue weighted by molar-refractivity contribution is 5.74. The summed E-state index contributed by atoms with van der Waals surface area (Å²) in [6.45, 7) is 4.53. The van der Waals surface area contributed by atoms with Gasteiger partial charge in [-0.15, -0.1) is 0 Å². The molecule has 0 fully saturated rings. The van der Waals surface area contributed by atoms with Crippen LogP contribution < -0.4 is 5.32 Å². The number of rotatable bonds is 8. The summed E-state index contributed by atoms with van der Waals surface area (Å²) in [6, 6.07) is 6.17. The lowest BCUT2D eigenvalue weighted by Crippen LogP contribution is -2.30. The molecule has 0 amide bonds. The second-order valence-electron chi connectivity index (χ2n) is 4.63. The lowest BCUT2D eigenvalue weighted by molar-refractivity contribution is 0.197. The number of aromatic nitrogens is 3. The Labute approximate surface area is 113 Å². The molecule has 2 aromatic rings. The van der Waals surface area contributed by atoms with Crippen LogP contribution in [0.25, 0.3) is 11.0 Å². The molecule has 0 aliphatic rings. The minimum Gasteiger partial charge on any atom is -0.383 e. The van der Waals surface area contributed by atoms with Gasteiger partial charge < -0.3 is 15.0 Å². The number of hydrogen-bond acceptors (Lipinski definition) is 5. The van der Waals surface area contributed by atoms with Crippen molar-refractivity contribution in [2.24, 2.45) is 0 Å². The molecule has 2 N–H and O–H groups in total. The molecule has 2 rings (SSSR count). The summed E-state index contributed by atoms with van der Waals surface area (Å²) >= 11 is 0. The van der Waals surface area contributed by atoms with Crippen molar-refractivity contribution in [2.45, 2.75) is 6.54 Å².